The van der Waals surface area contributed by atoms with Crippen LogP contribution in [0.1, 0.15) is 16.8 Å². The Morgan fingerprint density at radius 3 is 2.36 bits per heavy atom. The molecule has 2 aromatic carbocycles. The molecule has 6 nitrogen and oxygen atoms in total. The molecule has 1 amide bonds. The van der Waals surface area contributed by atoms with Gasteiger partial charge in [-0.25, -0.2) is 4.79 Å². The molecule has 2 aromatic rings. The molecule has 0 aromatic heterocycles. The average molecular weight is 394 g/mol. The van der Waals surface area contributed by atoms with Crippen LogP contribution in [0.4, 0.5) is 18.9 Å². The Balaban J connectivity index is 1.93. The lowest BCUT2D eigenvalue weighted by Gasteiger charge is -2.36. The van der Waals surface area contributed by atoms with Crippen molar-refractivity contribution < 1.29 is 32.6 Å². The van der Waals surface area contributed by atoms with Crippen LogP contribution in [-0.2, 0) is 4.79 Å². The number of amides is 1. The minimum Gasteiger partial charge on any atom is -0.478 e. The third-order valence-corrected chi connectivity index (χ3v) is 4.51. The number of likely N-dealkylation sites (tertiary alicyclic amines) is 1. The molecule has 0 radical (unpaired) electrons. The highest BCUT2D eigenvalue weighted by Gasteiger charge is 2.33. The van der Waals surface area contributed by atoms with Crippen molar-refractivity contribution in [3.63, 3.8) is 0 Å². The summed E-state index contributed by atoms with van der Waals surface area (Å²) in [5.41, 5.74) is 0.715. The molecule has 2 N–H and O–H groups in total. The highest BCUT2D eigenvalue weighted by atomic mass is 19.4. The number of carbonyl (C=O) groups is 2. The van der Waals surface area contributed by atoms with Crippen molar-refractivity contribution in [3.8, 4) is 16.9 Å². The molecule has 1 aliphatic heterocycles. The number of hydrogen-bond acceptors (Lipinski definition) is 4. The highest BCUT2D eigenvalue weighted by Crippen LogP contribution is 2.36. The Morgan fingerprint density at radius 1 is 1.18 bits per heavy atom. The third-order valence-electron chi connectivity index (χ3n) is 4.51. The van der Waals surface area contributed by atoms with Crippen LogP contribution in [0.15, 0.2) is 42.5 Å². The summed E-state index contributed by atoms with van der Waals surface area (Å²) in [7, 11) is 1.81. The predicted molar refractivity (Wildman–Crippen MR) is 95.2 cm³/mol. The van der Waals surface area contributed by atoms with Crippen molar-refractivity contribution >= 4 is 17.6 Å². The van der Waals surface area contributed by atoms with E-state index in [0.29, 0.717) is 17.7 Å². The SMILES string of the molecule is CN1CCC1C(=O)Nc1ccc(OC(F)(F)F)c(-c2ccc(C(=O)O)cc2)c1. The number of benzene rings is 2. The van der Waals surface area contributed by atoms with Crippen molar-refractivity contribution in [2.75, 3.05) is 18.9 Å². The molecule has 0 saturated carbocycles. The van der Waals surface area contributed by atoms with Gasteiger partial charge in [-0.3, -0.25) is 9.69 Å². The summed E-state index contributed by atoms with van der Waals surface area (Å²) in [5.74, 6) is -1.84. The van der Waals surface area contributed by atoms with Gasteiger partial charge in [-0.15, -0.1) is 13.2 Å². The second-order valence-corrected chi connectivity index (χ2v) is 6.42. The van der Waals surface area contributed by atoms with Crippen LogP contribution in [0, 0.1) is 0 Å². The lowest BCUT2D eigenvalue weighted by atomic mass is 10.0. The maximum Gasteiger partial charge on any atom is 0.573 e. The minimum atomic E-state index is -4.89. The van der Waals surface area contributed by atoms with Gasteiger partial charge < -0.3 is 15.2 Å². The number of hydrogen-bond donors (Lipinski definition) is 2. The molecule has 3 rings (SSSR count). The molecule has 1 heterocycles. The predicted octanol–water partition coefficient (Wildman–Crippen LogP) is 3.59. The van der Waals surface area contributed by atoms with Gasteiger partial charge in [0.2, 0.25) is 5.91 Å². The summed E-state index contributed by atoms with van der Waals surface area (Å²) in [4.78, 5) is 25.1. The number of halogens is 3. The van der Waals surface area contributed by atoms with E-state index in [1.54, 1.807) is 0 Å². The van der Waals surface area contributed by atoms with Gasteiger partial charge in [0, 0.05) is 17.8 Å². The molecule has 1 fully saturated rings. The van der Waals surface area contributed by atoms with Gasteiger partial charge in [0.05, 0.1) is 11.6 Å². The van der Waals surface area contributed by atoms with Crippen LogP contribution in [0.3, 0.4) is 0 Å². The molecule has 1 saturated heterocycles. The number of carboxylic acid groups (broad SMARTS) is 1. The van der Waals surface area contributed by atoms with Gasteiger partial charge in [0.25, 0.3) is 0 Å². The van der Waals surface area contributed by atoms with Crippen LogP contribution in [0.25, 0.3) is 11.1 Å². The fourth-order valence-corrected chi connectivity index (χ4v) is 2.91. The Bertz CT molecular complexity index is 897. The maximum atomic E-state index is 12.7. The highest BCUT2D eigenvalue weighted by molar-refractivity contribution is 5.96. The van der Waals surface area contributed by atoms with E-state index in [9.17, 15) is 22.8 Å². The average Bonchev–Trinajstić information content (AvgIpc) is 2.60. The molecule has 0 aliphatic carbocycles. The van der Waals surface area contributed by atoms with Crippen LogP contribution >= 0.6 is 0 Å². The number of likely N-dealkylation sites (N-methyl/N-ethyl adjacent to an activating group) is 1. The number of alkyl halides is 3. The Kier molecular flexibility index (Phi) is 5.28. The van der Waals surface area contributed by atoms with Gasteiger partial charge >= 0.3 is 12.3 Å². The second-order valence-electron chi connectivity index (χ2n) is 6.42. The zero-order chi connectivity index (χ0) is 20.5. The van der Waals surface area contributed by atoms with Crippen LogP contribution in [-0.4, -0.2) is 47.9 Å². The molecular formula is C19H17F3N2O4. The zero-order valence-corrected chi connectivity index (χ0v) is 14.8. The zero-order valence-electron chi connectivity index (χ0n) is 14.8. The summed E-state index contributed by atoms with van der Waals surface area (Å²) in [6.07, 6.45) is -4.18. The number of aromatic carboxylic acids is 1. The van der Waals surface area contributed by atoms with Crippen LogP contribution < -0.4 is 10.1 Å². The Labute approximate surface area is 158 Å². The summed E-state index contributed by atoms with van der Waals surface area (Å²) in [6.45, 7) is 0.803. The van der Waals surface area contributed by atoms with Gasteiger partial charge in [-0.2, -0.15) is 0 Å². The molecule has 148 valence electrons. The largest absolute Gasteiger partial charge is 0.573 e. The quantitative estimate of drug-likeness (QED) is 0.810. The summed E-state index contributed by atoms with van der Waals surface area (Å²) < 4.78 is 42.3. The molecule has 1 atom stereocenters. The van der Waals surface area contributed by atoms with E-state index in [2.05, 4.69) is 10.1 Å². The first-order chi connectivity index (χ1) is 13.1. The third kappa shape index (κ3) is 4.42. The van der Waals surface area contributed by atoms with Crippen molar-refractivity contribution in [1.29, 1.82) is 0 Å². The summed E-state index contributed by atoms with van der Waals surface area (Å²) in [6, 6.07) is 8.87. The molecule has 1 aliphatic rings. The first kappa shape index (κ1) is 19.7. The molecule has 0 spiro atoms. The van der Waals surface area contributed by atoms with Crippen molar-refractivity contribution in [1.82, 2.24) is 4.90 Å². The van der Waals surface area contributed by atoms with Crippen molar-refractivity contribution in [3.05, 3.63) is 48.0 Å². The number of carbonyl (C=O) groups excluding carboxylic acids is 1. The number of ether oxygens (including phenoxy) is 1. The van der Waals surface area contributed by atoms with Crippen molar-refractivity contribution in [2.24, 2.45) is 0 Å². The molecular weight excluding hydrogens is 377 g/mol. The molecule has 1 unspecified atom stereocenters. The van der Waals surface area contributed by atoms with E-state index in [1.807, 2.05) is 11.9 Å². The minimum absolute atomic E-state index is 0.000447. The normalized spacial score (nSPS) is 16.9. The number of nitrogens with one attached hydrogen (secondary N) is 1. The van der Waals surface area contributed by atoms with Crippen molar-refractivity contribution in [2.45, 2.75) is 18.8 Å². The van der Waals surface area contributed by atoms with Gasteiger partial charge in [-0.05, 0) is 49.4 Å². The van der Waals surface area contributed by atoms with E-state index >= 15 is 0 Å². The lowest BCUT2D eigenvalue weighted by Crippen LogP contribution is -2.51. The van der Waals surface area contributed by atoms with E-state index in [0.717, 1.165) is 12.6 Å². The van der Waals surface area contributed by atoms with Crippen LogP contribution in [0.5, 0.6) is 5.75 Å². The van der Waals surface area contributed by atoms with E-state index in [1.165, 1.54) is 36.4 Å². The fourth-order valence-electron chi connectivity index (χ4n) is 2.91. The fraction of sp³-hybridized carbons (Fsp3) is 0.263. The number of nitrogens with zero attached hydrogens (tertiary/aromatic N) is 1. The van der Waals surface area contributed by atoms with E-state index in [-0.39, 0.29) is 23.1 Å². The van der Waals surface area contributed by atoms with E-state index in [4.69, 9.17) is 5.11 Å². The number of rotatable bonds is 5. The maximum absolute atomic E-state index is 12.7. The first-order valence-electron chi connectivity index (χ1n) is 8.39. The lowest BCUT2D eigenvalue weighted by molar-refractivity contribution is -0.274. The first-order valence-corrected chi connectivity index (χ1v) is 8.39. The Hall–Kier alpha value is -3.07. The van der Waals surface area contributed by atoms with Crippen LogP contribution in [0.2, 0.25) is 0 Å². The summed E-state index contributed by atoms with van der Waals surface area (Å²) in [5, 5.41) is 11.7. The second kappa shape index (κ2) is 7.51. The Morgan fingerprint density at radius 2 is 1.86 bits per heavy atom. The number of carboxylic acids is 1. The van der Waals surface area contributed by atoms with Gasteiger partial charge in [-0.1, -0.05) is 12.1 Å². The number of anilines is 1. The topological polar surface area (TPSA) is 78.9 Å². The van der Waals surface area contributed by atoms with Gasteiger partial charge in [0.1, 0.15) is 5.75 Å². The molecule has 28 heavy (non-hydrogen) atoms. The van der Waals surface area contributed by atoms with Gasteiger partial charge in [0.15, 0.2) is 0 Å². The van der Waals surface area contributed by atoms with E-state index < -0.39 is 18.1 Å². The smallest absolute Gasteiger partial charge is 0.478 e. The molecule has 0 bridgehead atoms. The standard InChI is InChI=1S/C19H17F3N2O4/c1-24-9-8-15(24)17(25)23-13-6-7-16(28-19(20,21)22)14(10-13)11-2-4-12(5-3-11)18(26)27/h2-7,10,15H,8-9H2,1H3,(H,23,25)(H,26,27). The summed E-state index contributed by atoms with van der Waals surface area (Å²) >= 11 is 0. The molecule has 9 heteroatoms. The monoisotopic (exact) mass is 394 g/mol.